The van der Waals surface area contributed by atoms with Crippen LogP contribution in [0, 0.1) is 0 Å². The normalized spacial score (nSPS) is 10.1. The molecule has 1 rings (SSSR count). The van der Waals surface area contributed by atoms with Crippen LogP contribution in [0.4, 0.5) is 0 Å². The molecule has 1 heterocycles. The molecule has 0 saturated carbocycles. The van der Waals surface area contributed by atoms with Crippen LogP contribution in [0.25, 0.3) is 0 Å². The molecule has 0 radical (unpaired) electrons. The number of carbonyl (C=O) groups is 1. The number of hydrogen-bond donors (Lipinski definition) is 0. The minimum Gasteiger partial charge on any atom is -0.337 e. The second-order valence-corrected chi connectivity index (χ2v) is 4.02. The van der Waals surface area contributed by atoms with Gasteiger partial charge in [0.25, 0.3) is 5.91 Å². The Morgan fingerprint density at radius 1 is 1.43 bits per heavy atom. The third kappa shape index (κ3) is 2.80. The molecule has 0 unspecified atom stereocenters. The molecule has 4 heteroatoms. The lowest BCUT2D eigenvalue weighted by molar-refractivity contribution is 0.0755. The van der Waals surface area contributed by atoms with Crippen molar-refractivity contribution in [2.75, 3.05) is 13.1 Å². The fraction of sp³-hybridized carbons (Fsp3) is 0.600. The topological polar surface area (TPSA) is 33.2 Å². The van der Waals surface area contributed by atoms with Gasteiger partial charge in [-0.25, -0.2) is 4.98 Å². The van der Waals surface area contributed by atoms with Gasteiger partial charge in [-0.15, -0.1) is 11.3 Å². The molecule has 0 aromatic carbocycles. The van der Waals surface area contributed by atoms with Crippen LogP contribution in [-0.4, -0.2) is 28.9 Å². The maximum absolute atomic E-state index is 11.9. The zero-order valence-corrected chi connectivity index (χ0v) is 9.51. The maximum Gasteiger partial charge on any atom is 0.282 e. The quantitative estimate of drug-likeness (QED) is 0.751. The summed E-state index contributed by atoms with van der Waals surface area (Å²) in [6, 6.07) is 0. The largest absolute Gasteiger partial charge is 0.337 e. The fourth-order valence-corrected chi connectivity index (χ4v) is 1.92. The molecular formula is C10H16N2OS. The zero-order chi connectivity index (χ0) is 10.4. The molecule has 0 spiro atoms. The minimum absolute atomic E-state index is 0.0729. The molecule has 0 saturated heterocycles. The van der Waals surface area contributed by atoms with Crippen LogP contribution in [0.3, 0.4) is 0 Å². The van der Waals surface area contributed by atoms with Crippen LogP contribution in [0.1, 0.15) is 36.5 Å². The van der Waals surface area contributed by atoms with Crippen LogP contribution < -0.4 is 0 Å². The zero-order valence-electron chi connectivity index (χ0n) is 8.69. The third-order valence-corrected chi connectivity index (χ3v) is 2.65. The summed E-state index contributed by atoms with van der Waals surface area (Å²) in [5.41, 5.74) is 0. The molecule has 78 valence electrons. The average molecular weight is 212 g/mol. The smallest absolute Gasteiger partial charge is 0.282 e. The summed E-state index contributed by atoms with van der Waals surface area (Å²) in [6.45, 7) is 5.81. The number of aromatic nitrogens is 1. The SMILES string of the molecule is CCCN(CCC)C(=O)c1nccs1. The molecule has 1 amide bonds. The Morgan fingerprint density at radius 2 is 2.07 bits per heavy atom. The molecule has 0 fully saturated rings. The Hall–Kier alpha value is -0.900. The van der Waals surface area contributed by atoms with E-state index in [1.54, 1.807) is 6.20 Å². The van der Waals surface area contributed by atoms with Gasteiger partial charge in [-0.3, -0.25) is 4.79 Å². The fourth-order valence-electron chi connectivity index (χ4n) is 1.32. The summed E-state index contributed by atoms with van der Waals surface area (Å²) in [5.74, 6) is 0.0729. The van der Waals surface area contributed by atoms with E-state index in [9.17, 15) is 4.79 Å². The third-order valence-electron chi connectivity index (χ3n) is 1.89. The number of hydrogen-bond acceptors (Lipinski definition) is 3. The monoisotopic (exact) mass is 212 g/mol. The average Bonchev–Trinajstić information content (AvgIpc) is 2.69. The van der Waals surface area contributed by atoms with E-state index in [-0.39, 0.29) is 5.91 Å². The number of thiazole rings is 1. The number of rotatable bonds is 5. The molecule has 0 aliphatic heterocycles. The molecule has 1 aromatic heterocycles. The highest BCUT2D eigenvalue weighted by Crippen LogP contribution is 2.09. The van der Waals surface area contributed by atoms with E-state index in [0.717, 1.165) is 25.9 Å². The molecule has 14 heavy (non-hydrogen) atoms. The summed E-state index contributed by atoms with van der Waals surface area (Å²) < 4.78 is 0. The van der Waals surface area contributed by atoms with Gasteiger partial charge in [-0.1, -0.05) is 13.8 Å². The van der Waals surface area contributed by atoms with E-state index in [1.807, 2.05) is 10.3 Å². The second-order valence-electron chi connectivity index (χ2n) is 3.13. The summed E-state index contributed by atoms with van der Waals surface area (Å²) in [4.78, 5) is 17.8. The first-order valence-corrected chi connectivity index (χ1v) is 5.86. The van der Waals surface area contributed by atoms with Crippen LogP contribution >= 0.6 is 11.3 Å². The van der Waals surface area contributed by atoms with E-state index in [2.05, 4.69) is 18.8 Å². The van der Waals surface area contributed by atoms with Crippen molar-refractivity contribution in [3.05, 3.63) is 16.6 Å². The van der Waals surface area contributed by atoms with E-state index in [1.165, 1.54) is 11.3 Å². The van der Waals surface area contributed by atoms with E-state index in [4.69, 9.17) is 0 Å². The van der Waals surface area contributed by atoms with E-state index >= 15 is 0 Å². The first-order chi connectivity index (χ1) is 6.79. The first-order valence-electron chi connectivity index (χ1n) is 4.98. The summed E-state index contributed by atoms with van der Waals surface area (Å²) in [7, 11) is 0. The van der Waals surface area contributed by atoms with E-state index < -0.39 is 0 Å². The standard InChI is InChI=1S/C10H16N2OS/c1-3-6-12(7-4-2)10(13)9-11-5-8-14-9/h5,8H,3-4,6-7H2,1-2H3. The maximum atomic E-state index is 11.9. The molecular weight excluding hydrogens is 196 g/mol. The van der Waals surface area contributed by atoms with Crippen LogP contribution in [0.15, 0.2) is 11.6 Å². The van der Waals surface area contributed by atoms with Crippen LogP contribution in [0.2, 0.25) is 0 Å². The Labute approximate surface area is 88.8 Å². The molecule has 1 aromatic rings. The Kier molecular flexibility index (Phi) is 4.59. The highest BCUT2D eigenvalue weighted by Gasteiger charge is 2.15. The van der Waals surface area contributed by atoms with Crippen molar-refractivity contribution >= 4 is 17.2 Å². The number of carbonyl (C=O) groups excluding carboxylic acids is 1. The Bertz CT molecular complexity index is 266. The van der Waals surface area contributed by atoms with Crippen LogP contribution in [-0.2, 0) is 0 Å². The summed E-state index contributed by atoms with van der Waals surface area (Å²) >= 11 is 1.41. The molecule has 0 N–H and O–H groups in total. The van der Waals surface area contributed by atoms with Gasteiger partial charge < -0.3 is 4.90 Å². The van der Waals surface area contributed by atoms with Gasteiger partial charge in [0.05, 0.1) is 0 Å². The predicted octanol–water partition coefficient (Wildman–Crippen LogP) is 2.41. The van der Waals surface area contributed by atoms with Gasteiger partial charge in [0.2, 0.25) is 0 Å². The predicted molar refractivity (Wildman–Crippen MR) is 58.6 cm³/mol. The van der Waals surface area contributed by atoms with Crippen molar-refractivity contribution in [1.29, 1.82) is 0 Å². The minimum atomic E-state index is 0.0729. The summed E-state index contributed by atoms with van der Waals surface area (Å²) in [6.07, 6.45) is 3.67. The van der Waals surface area contributed by atoms with Gasteiger partial charge in [-0.05, 0) is 12.8 Å². The molecule has 0 aliphatic rings. The lowest BCUT2D eigenvalue weighted by Crippen LogP contribution is -2.32. The number of amides is 1. The lowest BCUT2D eigenvalue weighted by Gasteiger charge is -2.19. The summed E-state index contributed by atoms with van der Waals surface area (Å²) in [5, 5.41) is 2.44. The van der Waals surface area contributed by atoms with Gasteiger partial charge in [0.15, 0.2) is 5.01 Å². The van der Waals surface area contributed by atoms with Crippen molar-refractivity contribution in [2.45, 2.75) is 26.7 Å². The Morgan fingerprint density at radius 3 is 2.50 bits per heavy atom. The van der Waals surface area contributed by atoms with Gasteiger partial charge in [0.1, 0.15) is 0 Å². The first kappa shape index (κ1) is 11.2. The Balaban J connectivity index is 2.63. The van der Waals surface area contributed by atoms with Gasteiger partial charge in [-0.2, -0.15) is 0 Å². The molecule has 0 bridgehead atoms. The lowest BCUT2D eigenvalue weighted by atomic mass is 10.3. The van der Waals surface area contributed by atoms with Crippen molar-refractivity contribution in [3.8, 4) is 0 Å². The van der Waals surface area contributed by atoms with Crippen molar-refractivity contribution in [3.63, 3.8) is 0 Å². The van der Waals surface area contributed by atoms with Crippen molar-refractivity contribution in [1.82, 2.24) is 9.88 Å². The van der Waals surface area contributed by atoms with Crippen molar-refractivity contribution in [2.24, 2.45) is 0 Å². The van der Waals surface area contributed by atoms with Crippen molar-refractivity contribution < 1.29 is 4.79 Å². The highest BCUT2D eigenvalue weighted by molar-refractivity contribution is 7.11. The van der Waals surface area contributed by atoms with Gasteiger partial charge in [0, 0.05) is 24.7 Å². The van der Waals surface area contributed by atoms with Gasteiger partial charge >= 0.3 is 0 Å². The molecule has 0 aliphatic carbocycles. The van der Waals surface area contributed by atoms with E-state index in [0.29, 0.717) is 5.01 Å². The number of nitrogens with zero attached hydrogens (tertiary/aromatic N) is 2. The highest BCUT2D eigenvalue weighted by atomic mass is 32.1. The molecule has 3 nitrogen and oxygen atoms in total. The molecule has 0 atom stereocenters. The van der Waals surface area contributed by atoms with Crippen LogP contribution in [0.5, 0.6) is 0 Å². The second kappa shape index (κ2) is 5.75.